The van der Waals surface area contributed by atoms with Gasteiger partial charge in [0.05, 0.1) is 0 Å². The van der Waals surface area contributed by atoms with Crippen LogP contribution in [0.1, 0.15) is 30.7 Å². The van der Waals surface area contributed by atoms with Crippen LogP contribution in [0.2, 0.25) is 0 Å². The lowest BCUT2D eigenvalue weighted by molar-refractivity contribution is 0.361. The first-order valence-corrected chi connectivity index (χ1v) is 7.14. The normalized spacial score (nSPS) is 32.6. The predicted molar refractivity (Wildman–Crippen MR) is 75.7 cm³/mol. The molecular formula is C16H16ClN. The summed E-state index contributed by atoms with van der Waals surface area (Å²) in [5, 5.41) is 4.67. The number of rotatable bonds is 0. The first-order chi connectivity index (χ1) is 8.83. The highest BCUT2D eigenvalue weighted by Crippen LogP contribution is 2.51. The Morgan fingerprint density at radius 3 is 3.06 bits per heavy atom. The topological polar surface area (TPSA) is 12.0 Å². The summed E-state index contributed by atoms with van der Waals surface area (Å²) in [5.41, 5.74) is 4.13. The van der Waals surface area contributed by atoms with E-state index in [-0.39, 0.29) is 0 Å². The van der Waals surface area contributed by atoms with Gasteiger partial charge in [-0.3, -0.25) is 0 Å². The summed E-state index contributed by atoms with van der Waals surface area (Å²) in [7, 11) is 0. The molecule has 1 aliphatic heterocycles. The summed E-state index contributed by atoms with van der Waals surface area (Å²) in [4.78, 5) is 0. The molecule has 0 saturated carbocycles. The van der Waals surface area contributed by atoms with E-state index in [0.29, 0.717) is 17.8 Å². The first-order valence-electron chi connectivity index (χ1n) is 6.76. The average molecular weight is 258 g/mol. The molecule has 0 fully saturated rings. The lowest BCUT2D eigenvalue weighted by Crippen LogP contribution is -2.25. The maximum Gasteiger partial charge on any atom is 0.0421 e. The van der Waals surface area contributed by atoms with Crippen molar-refractivity contribution in [2.45, 2.75) is 25.2 Å². The Bertz CT molecular complexity index is 558. The van der Waals surface area contributed by atoms with Crippen LogP contribution in [-0.2, 0) is 0 Å². The maximum atomic E-state index is 6.42. The summed E-state index contributed by atoms with van der Waals surface area (Å²) in [6.07, 6.45) is 8.19. The van der Waals surface area contributed by atoms with Crippen LogP contribution in [0, 0.1) is 11.8 Å². The Hall–Kier alpha value is -1.21. The molecular weight excluding hydrogens is 242 g/mol. The molecule has 0 aromatic heterocycles. The molecule has 3 unspecified atom stereocenters. The van der Waals surface area contributed by atoms with Gasteiger partial charge >= 0.3 is 0 Å². The highest BCUT2D eigenvalue weighted by molar-refractivity contribution is 6.29. The highest BCUT2D eigenvalue weighted by atomic mass is 35.5. The second-order valence-electron chi connectivity index (χ2n) is 5.56. The minimum Gasteiger partial charge on any atom is -0.358 e. The van der Waals surface area contributed by atoms with Gasteiger partial charge in [-0.15, -0.1) is 0 Å². The van der Waals surface area contributed by atoms with Gasteiger partial charge in [0, 0.05) is 28.3 Å². The fourth-order valence-electron chi connectivity index (χ4n) is 3.68. The second kappa shape index (κ2) is 3.89. The molecule has 3 atom stereocenters. The van der Waals surface area contributed by atoms with Gasteiger partial charge in [0.25, 0.3) is 0 Å². The van der Waals surface area contributed by atoms with Gasteiger partial charge in [-0.05, 0) is 36.8 Å². The van der Waals surface area contributed by atoms with Gasteiger partial charge in [0.2, 0.25) is 0 Å². The summed E-state index contributed by atoms with van der Waals surface area (Å²) in [6, 6.07) is 8.65. The minimum absolute atomic E-state index is 0.530. The third kappa shape index (κ3) is 1.47. The summed E-state index contributed by atoms with van der Waals surface area (Å²) in [6.45, 7) is 0. The first kappa shape index (κ1) is 10.7. The standard InChI is InChI=1S/C16H16ClN/c17-14-6-3-4-10-8-16-13(9-12(10)14)11-5-1-2-7-15(11)18-16/h1-2,5-8,10,12-13,18H,3-4,9H2. The fourth-order valence-corrected chi connectivity index (χ4v) is 4.04. The van der Waals surface area contributed by atoms with Crippen LogP contribution < -0.4 is 5.32 Å². The molecule has 4 rings (SSSR count). The number of halogens is 1. The molecule has 0 spiro atoms. The molecule has 1 heterocycles. The molecule has 0 bridgehead atoms. The van der Waals surface area contributed by atoms with E-state index in [0.717, 1.165) is 17.9 Å². The number of hydrogen-bond acceptors (Lipinski definition) is 1. The van der Waals surface area contributed by atoms with Crippen molar-refractivity contribution in [1.82, 2.24) is 0 Å². The van der Waals surface area contributed by atoms with Crippen molar-refractivity contribution in [3.8, 4) is 0 Å². The van der Waals surface area contributed by atoms with Crippen LogP contribution in [0.3, 0.4) is 0 Å². The summed E-state index contributed by atoms with van der Waals surface area (Å²) >= 11 is 6.42. The second-order valence-corrected chi connectivity index (χ2v) is 6.00. The Morgan fingerprint density at radius 2 is 2.11 bits per heavy atom. The van der Waals surface area contributed by atoms with Crippen molar-refractivity contribution < 1.29 is 0 Å². The quantitative estimate of drug-likeness (QED) is 0.714. The molecule has 2 aliphatic carbocycles. The Labute approximate surface area is 113 Å². The average Bonchev–Trinajstić information content (AvgIpc) is 2.75. The summed E-state index contributed by atoms with van der Waals surface area (Å²) < 4.78 is 0. The van der Waals surface area contributed by atoms with Crippen molar-refractivity contribution in [1.29, 1.82) is 0 Å². The third-order valence-electron chi connectivity index (χ3n) is 4.58. The molecule has 0 saturated heterocycles. The van der Waals surface area contributed by atoms with E-state index in [9.17, 15) is 0 Å². The van der Waals surface area contributed by atoms with E-state index in [2.05, 4.69) is 41.7 Å². The zero-order chi connectivity index (χ0) is 12.1. The minimum atomic E-state index is 0.530. The van der Waals surface area contributed by atoms with E-state index in [1.807, 2.05) is 0 Å². The number of nitrogens with one attached hydrogen (secondary N) is 1. The molecule has 1 N–H and O–H groups in total. The fraction of sp³-hybridized carbons (Fsp3) is 0.375. The Balaban J connectivity index is 1.76. The van der Waals surface area contributed by atoms with Crippen LogP contribution in [0.5, 0.6) is 0 Å². The molecule has 18 heavy (non-hydrogen) atoms. The van der Waals surface area contributed by atoms with Crippen LogP contribution in [-0.4, -0.2) is 0 Å². The van der Waals surface area contributed by atoms with Crippen LogP contribution in [0.4, 0.5) is 5.69 Å². The number of allylic oxidation sites excluding steroid dienone is 4. The van der Waals surface area contributed by atoms with Gasteiger partial charge in [0.1, 0.15) is 0 Å². The largest absolute Gasteiger partial charge is 0.358 e. The number of fused-ring (bicyclic) bond motifs is 4. The van der Waals surface area contributed by atoms with E-state index >= 15 is 0 Å². The van der Waals surface area contributed by atoms with Crippen LogP contribution in [0.25, 0.3) is 0 Å². The predicted octanol–water partition coefficient (Wildman–Crippen LogP) is 4.63. The van der Waals surface area contributed by atoms with Gasteiger partial charge in [-0.25, -0.2) is 0 Å². The highest BCUT2D eigenvalue weighted by Gasteiger charge is 2.38. The van der Waals surface area contributed by atoms with Gasteiger partial charge < -0.3 is 5.32 Å². The maximum absolute atomic E-state index is 6.42. The number of hydrogen-bond donors (Lipinski definition) is 1. The van der Waals surface area contributed by atoms with E-state index in [4.69, 9.17) is 11.6 Å². The monoisotopic (exact) mass is 257 g/mol. The smallest absolute Gasteiger partial charge is 0.0421 e. The lowest BCUT2D eigenvalue weighted by atomic mass is 9.72. The SMILES string of the molecule is ClC1=CCCC2C=C3Nc4ccccc4C3CC12. The molecule has 1 aromatic rings. The number of benzene rings is 1. The van der Waals surface area contributed by atoms with E-state index < -0.39 is 0 Å². The van der Waals surface area contributed by atoms with Gasteiger partial charge in [0.15, 0.2) is 0 Å². The molecule has 1 nitrogen and oxygen atoms in total. The third-order valence-corrected chi connectivity index (χ3v) is 5.02. The van der Waals surface area contributed by atoms with Crippen molar-refractivity contribution in [2.24, 2.45) is 11.8 Å². The van der Waals surface area contributed by atoms with Crippen molar-refractivity contribution in [2.75, 3.05) is 5.32 Å². The lowest BCUT2D eigenvalue weighted by Gasteiger charge is -2.35. The zero-order valence-electron chi connectivity index (χ0n) is 10.2. The number of anilines is 1. The van der Waals surface area contributed by atoms with Gasteiger partial charge in [-0.1, -0.05) is 42.0 Å². The van der Waals surface area contributed by atoms with Crippen molar-refractivity contribution in [3.63, 3.8) is 0 Å². The molecule has 1 aromatic carbocycles. The van der Waals surface area contributed by atoms with Crippen molar-refractivity contribution >= 4 is 17.3 Å². The Kier molecular flexibility index (Phi) is 2.31. The zero-order valence-corrected chi connectivity index (χ0v) is 11.0. The van der Waals surface area contributed by atoms with Crippen molar-refractivity contribution in [3.05, 3.63) is 52.7 Å². The van der Waals surface area contributed by atoms with Crippen LogP contribution in [0.15, 0.2) is 47.1 Å². The van der Waals surface area contributed by atoms with Gasteiger partial charge in [-0.2, -0.15) is 0 Å². The molecule has 0 amide bonds. The molecule has 92 valence electrons. The van der Waals surface area contributed by atoms with E-state index in [1.54, 1.807) is 0 Å². The molecule has 2 heteroatoms. The molecule has 3 aliphatic rings. The van der Waals surface area contributed by atoms with E-state index in [1.165, 1.54) is 23.4 Å². The summed E-state index contributed by atoms with van der Waals surface area (Å²) in [5.74, 6) is 1.71. The van der Waals surface area contributed by atoms with Crippen LogP contribution >= 0.6 is 11.6 Å². The number of para-hydroxylation sites is 1. The molecule has 0 radical (unpaired) electrons. The Morgan fingerprint density at radius 1 is 1.22 bits per heavy atom.